The molecule has 10 heteroatoms. The molecule has 1 aliphatic heterocycles. The SMILES string of the molecule is O=C(N[C@@H](Cc1ccccc1)C(=O)N1C[C@@H](O)[C@@H](O)C1)Oc1cc2cc(Cl)sc2[nH]1. The Kier molecular flexibility index (Phi) is 5.96. The Morgan fingerprint density at radius 1 is 1.23 bits per heavy atom. The first-order valence-electron chi connectivity index (χ1n) is 9.34. The van der Waals surface area contributed by atoms with Gasteiger partial charge in [0.1, 0.15) is 10.9 Å². The van der Waals surface area contributed by atoms with Crippen molar-refractivity contribution in [2.75, 3.05) is 13.1 Å². The molecule has 3 atom stereocenters. The second-order valence-corrected chi connectivity index (χ2v) is 8.81. The van der Waals surface area contributed by atoms with Crippen molar-refractivity contribution >= 4 is 45.2 Å². The van der Waals surface area contributed by atoms with Gasteiger partial charge in [-0.15, -0.1) is 11.3 Å². The number of carbonyl (C=O) groups is 2. The normalized spacial score (nSPS) is 19.8. The van der Waals surface area contributed by atoms with E-state index in [0.717, 1.165) is 15.8 Å². The van der Waals surface area contributed by atoms with Crippen LogP contribution in [0.15, 0.2) is 42.5 Å². The highest BCUT2D eigenvalue weighted by Gasteiger charge is 2.36. The Morgan fingerprint density at radius 3 is 2.60 bits per heavy atom. The molecule has 3 heterocycles. The van der Waals surface area contributed by atoms with Gasteiger partial charge in [-0.1, -0.05) is 41.9 Å². The van der Waals surface area contributed by atoms with Crippen molar-refractivity contribution in [2.24, 2.45) is 0 Å². The first-order chi connectivity index (χ1) is 14.4. The fourth-order valence-corrected chi connectivity index (χ4v) is 4.53. The molecule has 4 N–H and O–H groups in total. The summed E-state index contributed by atoms with van der Waals surface area (Å²) in [6, 6.07) is 11.7. The minimum atomic E-state index is -1.00. The van der Waals surface area contributed by atoms with Crippen LogP contribution in [0.4, 0.5) is 4.79 Å². The number of likely N-dealkylation sites (tertiary alicyclic amines) is 1. The van der Waals surface area contributed by atoms with Crippen LogP contribution >= 0.6 is 22.9 Å². The molecule has 1 aliphatic rings. The predicted octanol–water partition coefficient (Wildman–Crippen LogP) is 2.15. The largest absolute Gasteiger partial charge is 0.414 e. The Hall–Kier alpha value is -2.59. The number of nitrogens with one attached hydrogen (secondary N) is 2. The van der Waals surface area contributed by atoms with Gasteiger partial charge in [0.05, 0.1) is 16.5 Å². The summed E-state index contributed by atoms with van der Waals surface area (Å²) in [5.74, 6) is -0.158. The lowest BCUT2D eigenvalue weighted by Crippen LogP contribution is -2.50. The van der Waals surface area contributed by atoms with Gasteiger partial charge >= 0.3 is 6.09 Å². The summed E-state index contributed by atoms with van der Waals surface area (Å²) in [5.41, 5.74) is 0.853. The molecule has 0 spiro atoms. The van der Waals surface area contributed by atoms with Gasteiger partial charge in [0.25, 0.3) is 0 Å². The van der Waals surface area contributed by atoms with E-state index in [1.807, 2.05) is 30.3 Å². The number of fused-ring (bicyclic) bond motifs is 1. The number of H-pyrrole nitrogens is 1. The molecule has 2 amide bonds. The Balaban J connectivity index is 1.47. The third kappa shape index (κ3) is 4.59. The van der Waals surface area contributed by atoms with Gasteiger partial charge in [-0.2, -0.15) is 0 Å². The number of aliphatic hydroxyl groups is 2. The molecule has 30 heavy (non-hydrogen) atoms. The van der Waals surface area contributed by atoms with Crippen molar-refractivity contribution in [1.29, 1.82) is 0 Å². The van der Waals surface area contributed by atoms with Crippen LogP contribution in [-0.2, 0) is 11.2 Å². The molecule has 0 aliphatic carbocycles. The van der Waals surface area contributed by atoms with Crippen LogP contribution in [-0.4, -0.2) is 63.4 Å². The monoisotopic (exact) mass is 449 g/mol. The fraction of sp³-hybridized carbons (Fsp3) is 0.300. The number of nitrogens with zero attached hydrogens (tertiary/aromatic N) is 1. The third-order valence-corrected chi connectivity index (χ3v) is 6.10. The van der Waals surface area contributed by atoms with E-state index in [2.05, 4.69) is 10.3 Å². The molecule has 0 unspecified atom stereocenters. The Labute approximate surface area is 181 Å². The lowest BCUT2D eigenvalue weighted by molar-refractivity contribution is -0.132. The van der Waals surface area contributed by atoms with Gasteiger partial charge in [0, 0.05) is 31.0 Å². The number of benzene rings is 1. The number of rotatable bonds is 5. The highest BCUT2D eigenvalue weighted by molar-refractivity contribution is 7.22. The number of thiophene rings is 1. The van der Waals surface area contributed by atoms with Gasteiger partial charge in [0.15, 0.2) is 0 Å². The number of aromatic amines is 1. The number of hydrogen-bond donors (Lipinski definition) is 4. The Bertz CT molecular complexity index is 1010. The second-order valence-electron chi connectivity index (χ2n) is 7.12. The number of halogens is 1. The van der Waals surface area contributed by atoms with Crippen molar-refractivity contribution < 1.29 is 24.5 Å². The lowest BCUT2D eigenvalue weighted by atomic mass is 10.1. The molecule has 8 nitrogen and oxygen atoms in total. The predicted molar refractivity (Wildman–Crippen MR) is 113 cm³/mol. The van der Waals surface area contributed by atoms with Crippen LogP contribution < -0.4 is 10.1 Å². The van der Waals surface area contributed by atoms with Crippen molar-refractivity contribution in [2.45, 2.75) is 24.7 Å². The number of hydrogen-bond acceptors (Lipinski definition) is 6. The molecule has 2 aromatic heterocycles. The Morgan fingerprint density at radius 2 is 1.93 bits per heavy atom. The van der Waals surface area contributed by atoms with E-state index in [4.69, 9.17) is 16.3 Å². The van der Waals surface area contributed by atoms with Gasteiger partial charge in [-0.3, -0.25) is 4.79 Å². The molecule has 3 aromatic rings. The fourth-order valence-electron chi connectivity index (χ4n) is 3.41. The van der Waals surface area contributed by atoms with Crippen LogP contribution in [0.25, 0.3) is 10.2 Å². The molecule has 4 rings (SSSR count). The zero-order valence-electron chi connectivity index (χ0n) is 15.7. The number of β-amino-alcohol motifs (C(OH)–C–C–N with tert-alkyl or cyclic N) is 2. The van der Waals surface area contributed by atoms with Crippen LogP contribution in [0, 0.1) is 0 Å². The van der Waals surface area contributed by atoms with E-state index in [1.54, 1.807) is 12.1 Å². The average Bonchev–Trinajstić information content (AvgIpc) is 3.34. The standard InChI is InChI=1S/C20H20ClN3O5S/c21-16-7-12-8-17(23-18(12)30-16)29-20(28)22-13(6-11-4-2-1-3-5-11)19(27)24-9-14(25)15(26)10-24/h1-5,7-8,13-15,23,25-26H,6,9-10H2,(H,22,28)/t13-,14-,15+/m0/s1. The summed E-state index contributed by atoms with van der Waals surface area (Å²) >= 11 is 7.27. The van der Waals surface area contributed by atoms with E-state index < -0.39 is 30.3 Å². The van der Waals surface area contributed by atoms with Crippen LogP contribution in [0.1, 0.15) is 5.56 Å². The van der Waals surface area contributed by atoms with E-state index in [1.165, 1.54) is 16.2 Å². The maximum Gasteiger partial charge on any atom is 0.414 e. The molecular weight excluding hydrogens is 430 g/mol. The summed E-state index contributed by atoms with van der Waals surface area (Å²) in [6.07, 6.45) is -2.55. The molecule has 158 valence electrons. The van der Waals surface area contributed by atoms with Gasteiger partial charge in [-0.25, -0.2) is 4.79 Å². The van der Waals surface area contributed by atoms with Crippen molar-refractivity contribution in [1.82, 2.24) is 15.2 Å². The average molecular weight is 450 g/mol. The van der Waals surface area contributed by atoms with Crippen molar-refractivity contribution in [3.05, 3.63) is 52.4 Å². The summed E-state index contributed by atoms with van der Waals surface area (Å²) in [6.45, 7) is 0.0192. The van der Waals surface area contributed by atoms with E-state index in [9.17, 15) is 19.8 Å². The first-order valence-corrected chi connectivity index (χ1v) is 10.5. The van der Waals surface area contributed by atoms with E-state index in [-0.39, 0.29) is 25.4 Å². The smallest absolute Gasteiger partial charge is 0.393 e. The van der Waals surface area contributed by atoms with Gasteiger partial charge in [-0.05, 0) is 11.6 Å². The van der Waals surface area contributed by atoms with Crippen LogP contribution in [0.3, 0.4) is 0 Å². The van der Waals surface area contributed by atoms with Gasteiger partial charge < -0.3 is 30.2 Å². The quantitative estimate of drug-likeness (QED) is 0.476. The van der Waals surface area contributed by atoms with Crippen molar-refractivity contribution in [3.8, 4) is 5.88 Å². The van der Waals surface area contributed by atoms with E-state index in [0.29, 0.717) is 4.34 Å². The molecule has 0 bridgehead atoms. The maximum absolute atomic E-state index is 13.0. The minimum Gasteiger partial charge on any atom is -0.393 e. The maximum atomic E-state index is 13.0. The number of carbonyl (C=O) groups excluding carboxylic acids is 2. The highest BCUT2D eigenvalue weighted by atomic mass is 35.5. The highest BCUT2D eigenvalue weighted by Crippen LogP contribution is 2.31. The van der Waals surface area contributed by atoms with Crippen LogP contribution in [0.5, 0.6) is 5.88 Å². The number of ether oxygens (including phenoxy) is 1. The molecule has 1 aromatic carbocycles. The summed E-state index contributed by atoms with van der Waals surface area (Å²) in [5, 5.41) is 23.0. The number of aromatic nitrogens is 1. The molecule has 1 fully saturated rings. The third-order valence-electron chi connectivity index (χ3n) is 4.90. The van der Waals surface area contributed by atoms with Crippen molar-refractivity contribution in [3.63, 3.8) is 0 Å². The summed E-state index contributed by atoms with van der Waals surface area (Å²) in [7, 11) is 0. The zero-order valence-corrected chi connectivity index (χ0v) is 17.3. The molecule has 0 saturated carbocycles. The topological polar surface area (TPSA) is 115 Å². The second kappa shape index (κ2) is 8.65. The van der Waals surface area contributed by atoms with E-state index >= 15 is 0 Å². The minimum absolute atomic E-state index is 0.00961. The number of aliphatic hydroxyl groups excluding tert-OH is 2. The molecular formula is C20H20ClN3O5S. The lowest BCUT2D eigenvalue weighted by Gasteiger charge is -2.24. The summed E-state index contributed by atoms with van der Waals surface area (Å²) < 4.78 is 5.93. The first kappa shape index (κ1) is 20.7. The van der Waals surface area contributed by atoms with Gasteiger partial charge in [0.2, 0.25) is 11.8 Å². The molecule has 0 radical (unpaired) electrons. The molecule has 1 saturated heterocycles. The number of amides is 2. The zero-order chi connectivity index (χ0) is 21.3. The summed E-state index contributed by atoms with van der Waals surface area (Å²) in [4.78, 5) is 30.5. The van der Waals surface area contributed by atoms with Crippen LogP contribution in [0.2, 0.25) is 4.34 Å².